The summed E-state index contributed by atoms with van der Waals surface area (Å²) in [6.07, 6.45) is -3.91. The van der Waals surface area contributed by atoms with Crippen LogP contribution in [0.25, 0.3) is 11.0 Å². The van der Waals surface area contributed by atoms with E-state index in [0.717, 1.165) is 16.0 Å². The SMILES string of the molecule is O=C(N1CCC(NCc2ccc3ccc(=O)[nH]c3n2)CC1)C(F)(F)F. The Labute approximate surface area is 141 Å². The van der Waals surface area contributed by atoms with Crippen LogP contribution in [0.4, 0.5) is 13.2 Å². The minimum absolute atomic E-state index is 0.0182. The number of halogens is 3. The van der Waals surface area contributed by atoms with Crippen molar-refractivity contribution in [2.75, 3.05) is 13.1 Å². The average molecular weight is 354 g/mol. The second-order valence-corrected chi connectivity index (χ2v) is 6.01. The fourth-order valence-electron chi connectivity index (χ4n) is 2.88. The number of hydrogen-bond donors (Lipinski definition) is 2. The molecule has 0 saturated carbocycles. The van der Waals surface area contributed by atoms with Crippen LogP contribution >= 0.6 is 0 Å². The molecule has 0 unspecified atom stereocenters. The van der Waals surface area contributed by atoms with Crippen molar-refractivity contribution in [2.24, 2.45) is 0 Å². The molecule has 2 aromatic heterocycles. The molecule has 0 aliphatic carbocycles. The van der Waals surface area contributed by atoms with Crippen molar-refractivity contribution < 1.29 is 18.0 Å². The molecule has 6 nitrogen and oxygen atoms in total. The maximum atomic E-state index is 12.4. The van der Waals surface area contributed by atoms with Gasteiger partial charge in [-0.05, 0) is 31.0 Å². The minimum atomic E-state index is -4.81. The van der Waals surface area contributed by atoms with Gasteiger partial charge < -0.3 is 15.2 Å². The Hall–Kier alpha value is -2.42. The lowest BCUT2D eigenvalue weighted by Crippen LogP contribution is -2.48. The molecule has 1 aliphatic heterocycles. The Morgan fingerprint density at radius 2 is 1.92 bits per heavy atom. The molecule has 0 spiro atoms. The number of H-pyrrole nitrogens is 1. The van der Waals surface area contributed by atoms with Crippen LogP contribution in [-0.2, 0) is 11.3 Å². The zero-order valence-corrected chi connectivity index (χ0v) is 13.3. The highest BCUT2D eigenvalue weighted by Gasteiger charge is 2.43. The highest BCUT2D eigenvalue weighted by atomic mass is 19.4. The van der Waals surface area contributed by atoms with E-state index in [0.29, 0.717) is 25.0 Å². The van der Waals surface area contributed by atoms with E-state index in [9.17, 15) is 22.8 Å². The summed E-state index contributed by atoms with van der Waals surface area (Å²) in [4.78, 5) is 30.4. The molecule has 1 saturated heterocycles. The predicted octanol–water partition coefficient (Wildman–Crippen LogP) is 1.57. The van der Waals surface area contributed by atoms with Gasteiger partial charge in [-0.3, -0.25) is 9.59 Å². The van der Waals surface area contributed by atoms with Gasteiger partial charge in [0.05, 0.1) is 5.69 Å². The number of aromatic amines is 1. The first-order valence-electron chi connectivity index (χ1n) is 7.91. The van der Waals surface area contributed by atoms with Crippen molar-refractivity contribution >= 4 is 16.9 Å². The number of likely N-dealkylation sites (tertiary alicyclic amines) is 1. The number of pyridine rings is 2. The van der Waals surface area contributed by atoms with Crippen LogP contribution in [0.5, 0.6) is 0 Å². The van der Waals surface area contributed by atoms with Crippen LogP contribution in [0.2, 0.25) is 0 Å². The molecule has 9 heteroatoms. The van der Waals surface area contributed by atoms with Gasteiger partial charge in [-0.2, -0.15) is 13.2 Å². The van der Waals surface area contributed by atoms with Gasteiger partial charge in [0.25, 0.3) is 0 Å². The molecule has 134 valence electrons. The van der Waals surface area contributed by atoms with Crippen molar-refractivity contribution in [1.29, 1.82) is 0 Å². The topological polar surface area (TPSA) is 78.1 Å². The number of rotatable bonds is 3. The van der Waals surface area contributed by atoms with Gasteiger partial charge in [-0.25, -0.2) is 4.98 Å². The molecule has 0 aromatic carbocycles. The number of carbonyl (C=O) groups excluding carboxylic acids is 1. The van der Waals surface area contributed by atoms with Crippen molar-refractivity contribution in [3.8, 4) is 0 Å². The monoisotopic (exact) mass is 354 g/mol. The van der Waals surface area contributed by atoms with E-state index in [4.69, 9.17) is 0 Å². The van der Waals surface area contributed by atoms with Crippen LogP contribution in [0.1, 0.15) is 18.5 Å². The molecule has 3 rings (SSSR count). The van der Waals surface area contributed by atoms with E-state index in [-0.39, 0.29) is 24.7 Å². The number of alkyl halides is 3. The molecule has 1 aliphatic rings. The normalized spacial score (nSPS) is 16.4. The summed E-state index contributed by atoms with van der Waals surface area (Å²) in [5.74, 6) is -1.77. The number of hydrogen-bond acceptors (Lipinski definition) is 4. The summed E-state index contributed by atoms with van der Waals surface area (Å²) in [6.45, 7) is 0.591. The lowest BCUT2D eigenvalue weighted by molar-refractivity contribution is -0.186. The summed E-state index contributed by atoms with van der Waals surface area (Å²) in [5.41, 5.74) is 0.993. The Balaban J connectivity index is 1.55. The minimum Gasteiger partial charge on any atom is -0.335 e. The Bertz CT molecular complexity index is 826. The highest BCUT2D eigenvalue weighted by Crippen LogP contribution is 2.21. The van der Waals surface area contributed by atoms with Crippen LogP contribution in [0.15, 0.2) is 29.1 Å². The average Bonchev–Trinajstić information content (AvgIpc) is 2.58. The number of aromatic nitrogens is 2. The van der Waals surface area contributed by atoms with Crippen LogP contribution in [0.3, 0.4) is 0 Å². The molecule has 0 radical (unpaired) electrons. The van der Waals surface area contributed by atoms with E-state index >= 15 is 0 Å². The fraction of sp³-hybridized carbons (Fsp3) is 0.438. The lowest BCUT2D eigenvalue weighted by atomic mass is 10.0. The molecule has 2 N–H and O–H groups in total. The molecule has 0 bridgehead atoms. The van der Waals surface area contributed by atoms with Crippen molar-refractivity contribution in [3.05, 3.63) is 40.3 Å². The number of piperidine rings is 1. The first kappa shape index (κ1) is 17.4. The van der Waals surface area contributed by atoms with Crippen LogP contribution in [0, 0.1) is 0 Å². The standard InChI is InChI=1S/C16H17F3N4O2/c17-16(18,19)15(25)23-7-5-11(6-8-23)20-9-12-3-1-10-2-4-13(24)22-14(10)21-12/h1-4,11,20H,5-9H2,(H,21,22,24). The molecule has 1 amide bonds. The molecular weight excluding hydrogens is 337 g/mol. The van der Waals surface area contributed by atoms with Crippen LogP contribution < -0.4 is 10.9 Å². The second kappa shape index (κ2) is 6.83. The third-order valence-electron chi connectivity index (χ3n) is 4.24. The highest BCUT2D eigenvalue weighted by molar-refractivity contribution is 5.81. The predicted molar refractivity (Wildman–Crippen MR) is 84.9 cm³/mol. The van der Waals surface area contributed by atoms with E-state index in [1.54, 1.807) is 6.07 Å². The lowest BCUT2D eigenvalue weighted by Gasteiger charge is -2.32. The van der Waals surface area contributed by atoms with Gasteiger partial charge in [0, 0.05) is 37.1 Å². The second-order valence-electron chi connectivity index (χ2n) is 6.01. The first-order valence-corrected chi connectivity index (χ1v) is 7.91. The third-order valence-corrected chi connectivity index (χ3v) is 4.24. The summed E-state index contributed by atoms with van der Waals surface area (Å²) < 4.78 is 37.2. The summed E-state index contributed by atoms with van der Waals surface area (Å²) in [5, 5.41) is 4.06. The summed E-state index contributed by atoms with van der Waals surface area (Å²) in [7, 11) is 0. The molecule has 25 heavy (non-hydrogen) atoms. The molecule has 3 heterocycles. The Morgan fingerprint density at radius 1 is 1.24 bits per heavy atom. The smallest absolute Gasteiger partial charge is 0.335 e. The maximum Gasteiger partial charge on any atom is 0.471 e. The van der Waals surface area contributed by atoms with Gasteiger partial charge in [-0.1, -0.05) is 0 Å². The summed E-state index contributed by atoms with van der Waals surface area (Å²) in [6, 6.07) is 6.81. The van der Waals surface area contributed by atoms with E-state index in [1.807, 2.05) is 12.1 Å². The van der Waals surface area contributed by atoms with Gasteiger partial charge >= 0.3 is 12.1 Å². The third kappa shape index (κ3) is 4.16. The summed E-state index contributed by atoms with van der Waals surface area (Å²) >= 11 is 0. The Morgan fingerprint density at radius 3 is 2.60 bits per heavy atom. The number of carbonyl (C=O) groups is 1. The van der Waals surface area contributed by atoms with Crippen molar-refractivity contribution in [2.45, 2.75) is 31.6 Å². The van der Waals surface area contributed by atoms with Crippen molar-refractivity contribution in [3.63, 3.8) is 0 Å². The number of nitrogens with one attached hydrogen (secondary N) is 2. The first-order chi connectivity index (χ1) is 11.8. The van der Waals surface area contributed by atoms with Gasteiger partial charge in [0.1, 0.15) is 5.65 Å². The van der Waals surface area contributed by atoms with Crippen molar-refractivity contribution in [1.82, 2.24) is 20.2 Å². The van der Waals surface area contributed by atoms with Gasteiger partial charge in [0.15, 0.2) is 0 Å². The largest absolute Gasteiger partial charge is 0.471 e. The van der Waals surface area contributed by atoms with E-state index in [1.165, 1.54) is 6.07 Å². The quantitative estimate of drug-likeness (QED) is 0.877. The van der Waals surface area contributed by atoms with Crippen LogP contribution in [-0.4, -0.2) is 46.1 Å². The van der Waals surface area contributed by atoms with E-state index in [2.05, 4.69) is 15.3 Å². The van der Waals surface area contributed by atoms with Gasteiger partial charge in [0.2, 0.25) is 5.56 Å². The van der Waals surface area contributed by atoms with E-state index < -0.39 is 12.1 Å². The molecule has 1 fully saturated rings. The molecule has 2 aromatic rings. The maximum absolute atomic E-state index is 12.4. The fourth-order valence-corrected chi connectivity index (χ4v) is 2.88. The number of amides is 1. The molecular formula is C16H17F3N4O2. The van der Waals surface area contributed by atoms with Gasteiger partial charge in [-0.15, -0.1) is 0 Å². The number of fused-ring (bicyclic) bond motifs is 1. The zero-order chi connectivity index (χ0) is 18.0. The zero-order valence-electron chi connectivity index (χ0n) is 13.3. The Kier molecular flexibility index (Phi) is 4.76. The number of nitrogens with zero attached hydrogens (tertiary/aromatic N) is 2. The molecule has 0 atom stereocenters.